The fraction of sp³-hybridized carbons (Fsp3) is 0. The van der Waals surface area contributed by atoms with Crippen LogP contribution in [-0.4, -0.2) is 0 Å². The van der Waals surface area contributed by atoms with Crippen LogP contribution in [0.3, 0.4) is 0 Å². The molecule has 4 rings (SSSR count). The molecule has 0 radical (unpaired) electrons. The molecule has 0 aliphatic heterocycles. The van der Waals surface area contributed by atoms with E-state index in [1.807, 2.05) is 0 Å². The first kappa shape index (κ1) is 16.4. The molecule has 0 atom stereocenters. The van der Waals surface area contributed by atoms with E-state index in [1.165, 1.54) is 33.4 Å². The van der Waals surface area contributed by atoms with Crippen molar-refractivity contribution in [1.82, 2.24) is 0 Å². The molecule has 0 heterocycles. The molecule has 1 heteroatoms. The molecule has 0 nitrogen and oxygen atoms in total. The molecule has 0 fully saturated rings. The van der Waals surface area contributed by atoms with E-state index in [0.29, 0.717) is 0 Å². The Bertz CT molecular complexity index is 834. The molecule has 0 aliphatic rings. The van der Waals surface area contributed by atoms with Gasteiger partial charge in [0.1, 0.15) is 0 Å². The number of rotatable bonds is 3. The molecule has 4 aromatic carbocycles. The minimum absolute atomic E-state index is 0. The Morgan fingerprint density at radius 2 is 1.00 bits per heavy atom. The second-order valence-corrected chi connectivity index (χ2v) is 5.67. The van der Waals surface area contributed by atoms with E-state index in [2.05, 4.69) is 103 Å². The van der Waals surface area contributed by atoms with Crippen LogP contribution in [0.25, 0.3) is 33.4 Å². The Morgan fingerprint density at radius 3 is 1.58 bits per heavy atom. The van der Waals surface area contributed by atoms with Gasteiger partial charge in [0.2, 0.25) is 0 Å². The van der Waals surface area contributed by atoms with Crippen molar-refractivity contribution in [2.75, 3.05) is 0 Å². The third-order valence-electron chi connectivity index (χ3n) is 4.17. The molecule has 4 aromatic rings. The molecule has 0 aromatic heterocycles. The van der Waals surface area contributed by atoms with E-state index >= 15 is 0 Å². The standard InChI is InChI=1S/C23H17.Fe/c1-4-10-18(11-5-1)21-16-22(19-12-6-2-7-13-19)23(17-21)20-14-8-3-9-15-20;/h1-17H;/q-1;. The molecule has 0 N–H and O–H groups in total. The van der Waals surface area contributed by atoms with Crippen LogP contribution in [0.1, 0.15) is 0 Å². The molecular weight excluding hydrogens is 332 g/mol. The van der Waals surface area contributed by atoms with E-state index < -0.39 is 0 Å². The topological polar surface area (TPSA) is 0 Å². The predicted octanol–water partition coefficient (Wildman–Crippen LogP) is 6.40. The summed E-state index contributed by atoms with van der Waals surface area (Å²) in [4.78, 5) is 0. The van der Waals surface area contributed by atoms with E-state index in [0.717, 1.165) is 0 Å². The van der Waals surface area contributed by atoms with Gasteiger partial charge < -0.3 is 0 Å². The smallest absolute Gasteiger partial charge is 0 e. The van der Waals surface area contributed by atoms with Crippen molar-refractivity contribution in [2.24, 2.45) is 0 Å². The first-order chi connectivity index (χ1) is 11.4. The van der Waals surface area contributed by atoms with Crippen molar-refractivity contribution in [3.63, 3.8) is 0 Å². The number of benzene rings is 3. The summed E-state index contributed by atoms with van der Waals surface area (Å²) in [6, 6.07) is 36.4. The Morgan fingerprint density at radius 1 is 0.500 bits per heavy atom. The summed E-state index contributed by atoms with van der Waals surface area (Å²) in [5, 5.41) is 0. The molecule has 0 amide bonds. The molecule has 0 unspecified atom stereocenters. The number of hydrogen-bond donors (Lipinski definition) is 0. The van der Waals surface area contributed by atoms with E-state index in [-0.39, 0.29) is 17.1 Å². The minimum atomic E-state index is 0. The Kier molecular flexibility index (Phi) is 5.05. The van der Waals surface area contributed by atoms with E-state index in [4.69, 9.17) is 0 Å². The summed E-state index contributed by atoms with van der Waals surface area (Å²) in [5.74, 6) is 0. The summed E-state index contributed by atoms with van der Waals surface area (Å²) in [7, 11) is 0. The number of hydrogen-bond acceptors (Lipinski definition) is 0. The quantitative estimate of drug-likeness (QED) is 0.296. The molecule has 0 spiro atoms. The summed E-state index contributed by atoms with van der Waals surface area (Å²) in [6.45, 7) is 0. The van der Waals surface area contributed by atoms with Crippen LogP contribution in [-0.2, 0) is 17.1 Å². The van der Waals surface area contributed by atoms with Crippen molar-refractivity contribution in [1.29, 1.82) is 0 Å². The van der Waals surface area contributed by atoms with Crippen LogP contribution in [0.4, 0.5) is 0 Å². The second kappa shape index (κ2) is 7.40. The molecule has 0 aliphatic carbocycles. The monoisotopic (exact) mass is 349 g/mol. The molecular formula is C23H17Fe-. The fourth-order valence-electron chi connectivity index (χ4n) is 3.02. The van der Waals surface area contributed by atoms with Gasteiger partial charge in [-0.15, -0.1) is 29.8 Å². The molecule has 0 saturated carbocycles. The largest absolute Gasteiger partial charge is 0.127 e. The third kappa shape index (κ3) is 3.23. The van der Waals surface area contributed by atoms with Gasteiger partial charge in [0, 0.05) is 17.1 Å². The van der Waals surface area contributed by atoms with E-state index in [9.17, 15) is 0 Å². The maximum atomic E-state index is 2.30. The third-order valence-corrected chi connectivity index (χ3v) is 4.17. The van der Waals surface area contributed by atoms with Crippen LogP contribution in [0.2, 0.25) is 0 Å². The SMILES string of the molecule is [Fe].c1ccc(-c2cc(-c3ccccc3)[c-](-c3ccccc3)c2)cc1. The molecule has 0 saturated heterocycles. The van der Waals surface area contributed by atoms with E-state index in [1.54, 1.807) is 0 Å². The van der Waals surface area contributed by atoms with Crippen molar-refractivity contribution in [3.05, 3.63) is 103 Å². The predicted molar refractivity (Wildman–Crippen MR) is 98.3 cm³/mol. The van der Waals surface area contributed by atoms with Crippen molar-refractivity contribution in [3.8, 4) is 33.4 Å². The van der Waals surface area contributed by atoms with Crippen LogP contribution in [0.15, 0.2) is 103 Å². The van der Waals surface area contributed by atoms with Gasteiger partial charge in [-0.2, -0.15) is 0 Å². The first-order valence-corrected chi connectivity index (χ1v) is 7.89. The zero-order chi connectivity index (χ0) is 15.5. The van der Waals surface area contributed by atoms with Gasteiger partial charge in [-0.1, -0.05) is 107 Å². The Labute approximate surface area is 153 Å². The molecule has 0 bridgehead atoms. The zero-order valence-corrected chi connectivity index (χ0v) is 14.3. The molecule has 24 heavy (non-hydrogen) atoms. The zero-order valence-electron chi connectivity index (χ0n) is 13.2. The Balaban J connectivity index is 0.00000169. The average Bonchev–Trinajstić information content (AvgIpc) is 3.09. The van der Waals surface area contributed by atoms with Gasteiger partial charge in [0.05, 0.1) is 0 Å². The van der Waals surface area contributed by atoms with Crippen molar-refractivity contribution < 1.29 is 17.1 Å². The maximum absolute atomic E-state index is 2.30. The van der Waals surface area contributed by atoms with Gasteiger partial charge >= 0.3 is 0 Å². The summed E-state index contributed by atoms with van der Waals surface area (Å²) in [6.07, 6.45) is 0. The van der Waals surface area contributed by atoms with Gasteiger partial charge in [-0.05, 0) is 0 Å². The van der Waals surface area contributed by atoms with Crippen molar-refractivity contribution in [2.45, 2.75) is 0 Å². The summed E-state index contributed by atoms with van der Waals surface area (Å²) < 4.78 is 0. The summed E-state index contributed by atoms with van der Waals surface area (Å²) >= 11 is 0. The summed E-state index contributed by atoms with van der Waals surface area (Å²) in [5.41, 5.74) is 7.61. The van der Waals surface area contributed by atoms with Crippen LogP contribution >= 0.6 is 0 Å². The second-order valence-electron chi connectivity index (χ2n) is 5.67. The maximum Gasteiger partial charge on any atom is 0 e. The van der Waals surface area contributed by atoms with Crippen LogP contribution < -0.4 is 0 Å². The van der Waals surface area contributed by atoms with Gasteiger partial charge in [-0.3, -0.25) is 0 Å². The van der Waals surface area contributed by atoms with Gasteiger partial charge in [0.25, 0.3) is 0 Å². The minimum Gasteiger partial charge on any atom is -0.127 e. The first-order valence-electron chi connectivity index (χ1n) is 7.89. The van der Waals surface area contributed by atoms with Crippen molar-refractivity contribution >= 4 is 0 Å². The van der Waals surface area contributed by atoms with Crippen LogP contribution in [0.5, 0.6) is 0 Å². The normalized spacial score (nSPS) is 10.2. The van der Waals surface area contributed by atoms with Crippen LogP contribution in [0, 0.1) is 0 Å². The average molecular weight is 349 g/mol. The fourth-order valence-corrected chi connectivity index (χ4v) is 3.02. The van der Waals surface area contributed by atoms with Gasteiger partial charge in [-0.25, -0.2) is 0 Å². The Hall–Kier alpha value is -2.47. The van der Waals surface area contributed by atoms with Gasteiger partial charge in [0.15, 0.2) is 0 Å². The molecule has 118 valence electrons.